The van der Waals surface area contributed by atoms with Crippen molar-refractivity contribution < 1.29 is 9.59 Å². The molecule has 0 saturated carbocycles. The lowest BCUT2D eigenvalue weighted by molar-refractivity contribution is -0.136. The van der Waals surface area contributed by atoms with E-state index in [-0.39, 0.29) is 6.04 Å². The Morgan fingerprint density at radius 3 is 2.35 bits per heavy atom. The Morgan fingerprint density at radius 1 is 1.00 bits per heavy atom. The molecule has 0 aliphatic carbocycles. The second-order valence-corrected chi connectivity index (χ2v) is 5.46. The molecule has 2 aromatic rings. The van der Waals surface area contributed by atoms with Gasteiger partial charge in [-0.25, -0.2) is 0 Å². The molecule has 1 atom stereocenters. The number of carbonyl (C=O) groups is 2. The van der Waals surface area contributed by atoms with Crippen LogP contribution in [-0.2, 0) is 9.59 Å². The highest BCUT2D eigenvalue weighted by atomic mass is 35.5. The van der Waals surface area contributed by atoms with Crippen molar-refractivity contribution in [3.8, 4) is 0 Å². The molecular formula is C17H18ClN3O2. The highest BCUT2D eigenvalue weighted by Crippen LogP contribution is 2.20. The molecule has 0 aliphatic rings. The molecule has 0 unspecified atom stereocenters. The van der Waals surface area contributed by atoms with Crippen molar-refractivity contribution in [1.29, 1.82) is 0 Å². The van der Waals surface area contributed by atoms with Gasteiger partial charge in [0.15, 0.2) is 0 Å². The summed E-state index contributed by atoms with van der Waals surface area (Å²) in [6.45, 7) is 2.33. The molecule has 0 saturated heterocycles. The monoisotopic (exact) mass is 331 g/mol. The van der Waals surface area contributed by atoms with Crippen molar-refractivity contribution in [1.82, 2.24) is 5.32 Å². The minimum Gasteiger partial charge on any atom is -0.383 e. The van der Waals surface area contributed by atoms with E-state index in [2.05, 4.69) is 16.0 Å². The Bertz CT molecular complexity index is 677. The molecule has 2 aromatic carbocycles. The molecule has 0 radical (unpaired) electrons. The zero-order chi connectivity index (χ0) is 16.7. The second kappa shape index (κ2) is 8.19. The van der Waals surface area contributed by atoms with Gasteiger partial charge < -0.3 is 16.0 Å². The molecular weight excluding hydrogens is 314 g/mol. The van der Waals surface area contributed by atoms with Gasteiger partial charge in [0.1, 0.15) is 0 Å². The number of nitrogens with one attached hydrogen (secondary N) is 3. The summed E-state index contributed by atoms with van der Waals surface area (Å²) in [5.74, 6) is -1.45. The third-order valence-electron chi connectivity index (χ3n) is 3.09. The highest BCUT2D eigenvalue weighted by molar-refractivity contribution is 6.41. The summed E-state index contributed by atoms with van der Waals surface area (Å²) < 4.78 is 0. The van der Waals surface area contributed by atoms with Gasteiger partial charge in [-0.1, -0.05) is 41.9 Å². The first-order valence-electron chi connectivity index (χ1n) is 7.21. The van der Waals surface area contributed by atoms with Gasteiger partial charge in [-0.15, -0.1) is 0 Å². The summed E-state index contributed by atoms with van der Waals surface area (Å²) in [5, 5.41) is 8.68. The number of amides is 2. The first kappa shape index (κ1) is 16.8. The normalized spacial score (nSPS) is 11.4. The fraction of sp³-hybridized carbons (Fsp3) is 0.176. The predicted molar refractivity (Wildman–Crippen MR) is 92.6 cm³/mol. The maximum Gasteiger partial charge on any atom is 0.313 e. The highest BCUT2D eigenvalue weighted by Gasteiger charge is 2.17. The minimum atomic E-state index is -0.746. The van der Waals surface area contributed by atoms with Crippen LogP contribution in [0.25, 0.3) is 0 Å². The number of benzene rings is 2. The smallest absolute Gasteiger partial charge is 0.313 e. The molecule has 0 fully saturated rings. The molecule has 5 nitrogen and oxygen atoms in total. The van der Waals surface area contributed by atoms with Crippen molar-refractivity contribution in [2.45, 2.75) is 13.0 Å². The van der Waals surface area contributed by atoms with Gasteiger partial charge in [0.05, 0.1) is 10.7 Å². The Labute approximate surface area is 140 Å². The largest absolute Gasteiger partial charge is 0.383 e. The van der Waals surface area contributed by atoms with Gasteiger partial charge in [-0.2, -0.15) is 0 Å². The molecule has 0 aromatic heterocycles. The van der Waals surface area contributed by atoms with Gasteiger partial charge in [0.2, 0.25) is 0 Å². The zero-order valence-corrected chi connectivity index (χ0v) is 13.4. The third-order valence-corrected chi connectivity index (χ3v) is 3.42. The van der Waals surface area contributed by atoms with Gasteiger partial charge in [0, 0.05) is 18.3 Å². The van der Waals surface area contributed by atoms with E-state index in [1.807, 2.05) is 37.3 Å². The lowest BCUT2D eigenvalue weighted by Gasteiger charge is -2.15. The Morgan fingerprint density at radius 2 is 1.65 bits per heavy atom. The van der Waals surface area contributed by atoms with E-state index in [1.165, 1.54) is 0 Å². The molecule has 0 spiro atoms. The second-order valence-electron chi connectivity index (χ2n) is 5.06. The van der Waals surface area contributed by atoms with Crippen molar-refractivity contribution in [3.05, 3.63) is 59.6 Å². The van der Waals surface area contributed by atoms with Crippen LogP contribution in [0.5, 0.6) is 0 Å². The van der Waals surface area contributed by atoms with Gasteiger partial charge in [0.25, 0.3) is 0 Å². The molecule has 6 heteroatoms. The number of carbonyl (C=O) groups excluding carboxylic acids is 2. The van der Waals surface area contributed by atoms with E-state index < -0.39 is 11.8 Å². The van der Waals surface area contributed by atoms with Crippen LogP contribution < -0.4 is 16.0 Å². The predicted octanol–water partition coefficient (Wildman–Crippen LogP) is 2.90. The topological polar surface area (TPSA) is 70.2 Å². The summed E-state index contributed by atoms with van der Waals surface area (Å²) in [6.07, 6.45) is 0. The van der Waals surface area contributed by atoms with Gasteiger partial charge >= 0.3 is 11.8 Å². The molecule has 23 heavy (non-hydrogen) atoms. The fourth-order valence-electron chi connectivity index (χ4n) is 1.91. The van der Waals surface area contributed by atoms with Gasteiger partial charge in [-0.3, -0.25) is 9.59 Å². The average molecular weight is 332 g/mol. The first-order valence-corrected chi connectivity index (χ1v) is 7.59. The number of rotatable bonds is 5. The fourth-order valence-corrected chi connectivity index (χ4v) is 2.09. The molecule has 3 N–H and O–H groups in total. The van der Waals surface area contributed by atoms with Crippen LogP contribution in [0.4, 0.5) is 11.4 Å². The summed E-state index contributed by atoms with van der Waals surface area (Å²) in [4.78, 5) is 23.8. The maximum absolute atomic E-state index is 11.9. The van der Waals surface area contributed by atoms with Crippen molar-refractivity contribution in [2.75, 3.05) is 17.2 Å². The summed E-state index contributed by atoms with van der Waals surface area (Å²) in [5.41, 5.74) is 1.36. The lowest BCUT2D eigenvalue weighted by Crippen LogP contribution is -2.43. The van der Waals surface area contributed by atoms with Crippen LogP contribution in [0, 0.1) is 0 Å². The van der Waals surface area contributed by atoms with Crippen LogP contribution in [0.1, 0.15) is 6.92 Å². The molecule has 0 aliphatic heterocycles. The Balaban J connectivity index is 1.81. The number of hydrogen-bond donors (Lipinski definition) is 3. The third kappa shape index (κ3) is 5.30. The number of halogens is 1. The van der Waals surface area contributed by atoms with Gasteiger partial charge in [-0.05, 0) is 31.2 Å². The zero-order valence-electron chi connectivity index (χ0n) is 12.7. The number of anilines is 2. The van der Waals surface area contributed by atoms with Crippen molar-refractivity contribution >= 4 is 34.8 Å². The van der Waals surface area contributed by atoms with E-state index in [0.717, 1.165) is 5.69 Å². The standard InChI is InChI=1S/C17H18ClN3O2/c1-12(11-19-13-7-3-2-4-8-13)20-16(22)17(23)21-15-10-6-5-9-14(15)18/h2-10,12,19H,11H2,1H3,(H,20,22)(H,21,23)/t12-/m0/s1. The van der Waals surface area contributed by atoms with E-state index in [1.54, 1.807) is 24.3 Å². The maximum atomic E-state index is 11.9. The average Bonchev–Trinajstić information content (AvgIpc) is 2.56. The van der Waals surface area contributed by atoms with E-state index in [0.29, 0.717) is 17.3 Å². The van der Waals surface area contributed by atoms with E-state index in [9.17, 15) is 9.59 Å². The minimum absolute atomic E-state index is 0.209. The van der Waals surface area contributed by atoms with Crippen molar-refractivity contribution in [3.63, 3.8) is 0 Å². The molecule has 2 amide bonds. The summed E-state index contributed by atoms with van der Waals surface area (Å²) in [7, 11) is 0. The number of hydrogen-bond acceptors (Lipinski definition) is 3. The SMILES string of the molecule is C[C@@H](CNc1ccccc1)NC(=O)C(=O)Nc1ccccc1Cl. The first-order chi connectivity index (χ1) is 11.1. The number of para-hydroxylation sites is 2. The molecule has 0 heterocycles. The Hall–Kier alpha value is -2.53. The van der Waals surface area contributed by atoms with Crippen molar-refractivity contribution in [2.24, 2.45) is 0 Å². The summed E-state index contributed by atoms with van der Waals surface area (Å²) >= 11 is 5.94. The molecule has 0 bridgehead atoms. The van der Waals surface area contributed by atoms with E-state index in [4.69, 9.17) is 11.6 Å². The van der Waals surface area contributed by atoms with Crippen LogP contribution in [0.3, 0.4) is 0 Å². The van der Waals surface area contributed by atoms with E-state index >= 15 is 0 Å². The molecule has 2 rings (SSSR count). The van der Waals surface area contributed by atoms with Crippen LogP contribution in [-0.4, -0.2) is 24.4 Å². The molecule has 120 valence electrons. The Kier molecular flexibility index (Phi) is 6.00. The lowest BCUT2D eigenvalue weighted by atomic mass is 10.2. The van der Waals surface area contributed by atoms with Crippen LogP contribution in [0.2, 0.25) is 5.02 Å². The van der Waals surface area contributed by atoms with Crippen LogP contribution >= 0.6 is 11.6 Å². The quantitative estimate of drug-likeness (QED) is 0.738. The summed E-state index contributed by atoms with van der Waals surface area (Å²) in [6, 6.07) is 16.2. The van der Waals surface area contributed by atoms with Crippen LogP contribution in [0.15, 0.2) is 54.6 Å².